The van der Waals surface area contributed by atoms with Gasteiger partial charge in [0.05, 0.1) is 20.3 Å². The molecule has 0 radical (unpaired) electrons. The highest BCUT2D eigenvalue weighted by Crippen LogP contribution is 2.20. The first-order chi connectivity index (χ1) is 12.1. The minimum atomic E-state index is -0.507. The first-order valence-electron chi connectivity index (χ1n) is 8.49. The number of piperazine rings is 1. The molecular weight excluding hydrogens is 324 g/mol. The summed E-state index contributed by atoms with van der Waals surface area (Å²) in [6.45, 7) is 5.31. The number of carbonyl (C=O) groups excluding carboxylic acids is 2. The van der Waals surface area contributed by atoms with Gasteiger partial charge in [0.2, 0.25) is 11.8 Å². The molecule has 0 bridgehead atoms. The molecule has 0 saturated carbocycles. The number of hydrogen-bond acceptors (Lipinski definition) is 6. The minimum absolute atomic E-state index is 0.0341. The maximum atomic E-state index is 12.8. The quantitative estimate of drug-likeness (QED) is 0.765. The van der Waals surface area contributed by atoms with E-state index in [0.717, 1.165) is 11.6 Å². The number of rotatable bonds is 3. The van der Waals surface area contributed by atoms with Crippen LogP contribution in [0.5, 0.6) is 5.75 Å². The lowest BCUT2D eigenvalue weighted by Gasteiger charge is -2.40. The second-order valence-corrected chi connectivity index (χ2v) is 6.17. The molecule has 136 valence electrons. The lowest BCUT2D eigenvalue weighted by atomic mass is 10.1. The monoisotopic (exact) mass is 348 g/mol. The molecule has 3 rings (SSSR count). The maximum Gasteiger partial charge on any atom is 0.247 e. The molecular formula is C17H24N4O4. The number of carbonyl (C=O) groups is 2. The zero-order chi connectivity index (χ0) is 17.8. The van der Waals surface area contributed by atoms with E-state index < -0.39 is 6.04 Å². The van der Waals surface area contributed by atoms with Gasteiger partial charge in [-0.3, -0.25) is 9.59 Å². The first-order valence-corrected chi connectivity index (χ1v) is 8.49. The van der Waals surface area contributed by atoms with E-state index in [2.05, 4.69) is 9.88 Å². The fraction of sp³-hybridized carbons (Fsp3) is 0.588. The maximum absolute atomic E-state index is 12.8. The van der Waals surface area contributed by atoms with Crippen molar-refractivity contribution in [3.8, 4) is 5.75 Å². The van der Waals surface area contributed by atoms with E-state index in [1.807, 2.05) is 17.0 Å². The van der Waals surface area contributed by atoms with Crippen molar-refractivity contribution >= 4 is 17.6 Å². The fourth-order valence-electron chi connectivity index (χ4n) is 3.25. The first kappa shape index (κ1) is 17.5. The summed E-state index contributed by atoms with van der Waals surface area (Å²) in [5.74, 6) is 1.49. The average Bonchev–Trinajstić information content (AvgIpc) is 2.67. The van der Waals surface area contributed by atoms with Crippen LogP contribution in [0.3, 0.4) is 0 Å². The molecule has 0 spiro atoms. The van der Waals surface area contributed by atoms with Gasteiger partial charge in [0, 0.05) is 51.9 Å². The predicted octanol–water partition coefficient (Wildman–Crippen LogP) is -0.0139. The van der Waals surface area contributed by atoms with Crippen LogP contribution in [-0.2, 0) is 14.3 Å². The van der Waals surface area contributed by atoms with Gasteiger partial charge in [-0.2, -0.15) is 0 Å². The lowest BCUT2D eigenvalue weighted by Crippen LogP contribution is -2.59. The SMILES string of the molecule is COc1ccnc(N2CCN(C(=O)C3COCCN3C(C)=O)CC2)c1. The van der Waals surface area contributed by atoms with Crippen LogP contribution >= 0.6 is 0 Å². The van der Waals surface area contributed by atoms with E-state index in [9.17, 15) is 9.59 Å². The molecule has 2 amide bonds. The van der Waals surface area contributed by atoms with Crippen LogP contribution < -0.4 is 9.64 Å². The molecule has 1 aromatic rings. The van der Waals surface area contributed by atoms with Crippen LogP contribution in [0.2, 0.25) is 0 Å². The third kappa shape index (κ3) is 3.84. The van der Waals surface area contributed by atoms with Gasteiger partial charge in [0.15, 0.2) is 0 Å². The molecule has 8 nitrogen and oxygen atoms in total. The van der Waals surface area contributed by atoms with Gasteiger partial charge < -0.3 is 24.2 Å². The topological polar surface area (TPSA) is 75.2 Å². The molecule has 1 aromatic heterocycles. The van der Waals surface area contributed by atoms with Crippen molar-refractivity contribution < 1.29 is 19.1 Å². The van der Waals surface area contributed by atoms with Crippen LogP contribution in [-0.4, -0.2) is 85.7 Å². The predicted molar refractivity (Wildman–Crippen MR) is 91.6 cm³/mol. The van der Waals surface area contributed by atoms with Crippen LogP contribution in [0.4, 0.5) is 5.82 Å². The van der Waals surface area contributed by atoms with Crippen molar-refractivity contribution in [2.24, 2.45) is 0 Å². The summed E-state index contributed by atoms with van der Waals surface area (Å²) in [4.78, 5) is 34.5. The fourth-order valence-corrected chi connectivity index (χ4v) is 3.25. The highest BCUT2D eigenvalue weighted by Gasteiger charge is 2.35. The highest BCUT2D eigenvalue weighted by atomic mass is 16.5. The van der Waals surface area contributed by atoms with Gasteiger partial charge in [-0.25, -0.2) is 4.98 Å². The van der Waals surface area contributed by atoms with E-state index in [4.69, 9.17) is 9.47 Å². The number of hydrogen-bond donors (Lipinski definition) is 0. The Bertz CT molecular complexity index is 631. The zero-order valence-corrected chi connectivity index (χ0v) is 14.7. The van der Waals surface area contributed by atoms with Gasteiger partial charge in [0.25, 0.3) is 0 Å². The molecule has 3 heterocycles. The molecule has 25 heavy (non-hydrogen) atoms. The largest absolute Gasteiger partial charge is 0.497 e. The summed E-state index contributed by atoms with van der Waals surface area (Å²) in [5, 5.41) is 0. The Labute approximate surface area is 147 Å². The number of nitrogens with zero attached hydrogens (tertiary/aromatic N) is 4. The highest BCUT2D eigenvalue weighted by molar-refractivity contribution is 5.87. The van der Waals surface area contributed by atoms with Gasteiger partial charge >= 0.3 is 0 Å². The van der Waals surface area contributed by atoms with Crippen LogP contribution in [0.1, 0.15) is 6.92 Å². The molecule has 1 unspecified atom stereocenters. The Kier molecular flexibility index (Phi) is 5.37. The van der Waals surface area contributed by atoms with E-state index in [1.54, 1.807) is 18.2 Å². The Hall–Kier alpha value is -2.35. The number of ether oxygens (including phenoxy) is 2. The number of amides is 2. The Morgan fingerprint density at radius 1 is 1.24 bits per heavy atom. The van der Waals surface area contributed by atoms with Crippen molar-refractivity contribution in [3.63, 3.8) is 0 Å². The van der Waals surface area contributed by atoms with Crippen molar-refractivity contribution in [1.82, 2.24) is 14.8 Å². The van der Waals surface area contributed by atoms with Gasteiger partial charge in [0.1, 0.15) is 17.6 Å². The van der Waals surface area contributed by atoms with Gasteiger partial charge in [-0.15, -0.1) is 0 Å². The van der Waals surface area contributed by atoms with Crippen LogP contribution in [0.25, 0.3) is 0 Å². The summed E-state index contributed by atoms with van der Waals surface area (Å²) in [5.41, 5.74) is 0. The van der Waals surface area contributed by atoms with Crippen molar-refractivity contribution in [2.75, 3.05) is 57.9 Å². The average molecular weight is 348 g/mol. The van der Waals surface area contributed by atoms with Crippen molar-refractivity contribution in [2.45, 2.75) is 13.0 Å². The van der Waals surface area contributed by atoms with Crippen molar-refractivity contribution in [3.05, 3.63) is 18.3 Å². The number of anilines is 1. The van der Waals surface area contributed by atoms with E-state index in [1.165, 1.54) is 6.92 Å². The molecule has 0 N–H and O–H groups in total. The van der Waals surface area contributed by atoms with E-state index >= 15 is 0 Å². The smallest absolute Gasteiger partial charge is 0.247 e. The zero-order valence-electron chi connectivity index (χ0n) is 14.7. The number of morpholine rings is 1. The molecule has 0 aromatic carbocycles. The number of pyridine rings is 1. The molecule has 2 fully saturated rings. The second-order valence-electron chi connectivity index (χ2n) is 6.17. The summed E-state index contributed by atoms with van der Waals surface area (Å²) in [6, 6.07) is 3.19. The Morgan fingerprint density at radius 3 is 2.68 bits per heavy atom. The summed E-state index contributed by atoms with van der Waals surface area (Å²) >= 11 is 0. The molecule has 0 aliphatic carbocycles. The van der Waals surface area contributed by atoms with Gasteiger partial charge in [-0.05, 0) is 6.07 Å². The van der Waals surface area contributed by atoms with Gasteiger partial charge in [-0.1, -0.05) is 0 Å². The van der Waals surface area contributed by atoms with E-state index in [-0.39, 0.29) is 18.4 Å². The van der Waals surface area contributed by atoms with Crippen LogP contribution in [0.15, 0.2) is 18.3 Å². The molecule has 8 heteroatoms. The Balaban J connectivity index is 1.61. The normalized spacial score (nSPS) is 21.2. The summed E-state index contributed by atoms with van der Waals surface area (Å²) in [7, 11) is 1.63. The number of methoxy groups -OCH3 is 1. The van der Waals surface area contributed by atoms with Crippen molar-refractivity contribution in [1.29, 1.82) is 0 Å². The molecule has 2 saturated heterocycles. The lowest BCUT2D eigenvalue weighted by molar-refractivity contribution is -0.153. The standard InChI is InChI=1S/C17H24N4O4/c1-13(22)21-9-10-25-12-15(21)17(23)20-7-5-19(6-8-20)16-11-14(24-2)3-4-18-16/h3-4,11,15H,5-10,12H2,1-2H3. The second kappa shape index (κ2) is 7.69. The summed E-state index contributed by atoms with van der Waals surface area (Å²) in [6.07, 6.45) is 1.72. The number of aromatic nitrogens is 1. The minimum Gasteiger partial charge on any atom is -0.497 e. The third-order valence-corrected chi connectivity index (χ3v) is 4.69. The molecule has 2 aliphatic rings. The summed E-state index contributed by atoms with van der Waals surface area (Å²) < 4.78 is 10.7. The molecule has 2 aliphatic heterocycles. The Morgan fingerprint density at radius 2 is 2.00 bits per heavy atom. The molecule has 1 atom stereocenters. The van der Waals surface area contributed by atoms with E-state index in [0.29, 0.717) is 39.3 Å². The van der Waals surface area contributed by atoms with Crippen LogP contribution in [0, 0.1) is 0 Å². The third-order valence-electron chi connectivity index (χ3n) is 4.69.